The Labute approximate surface area is 138 Å². The molecule has 1 aromatic rings. The van der Waals surface area contributed by atoms with Crippen LogP contribution in [0.4, 0.5) is 0 Å². The first-order chi connectivity index (χ1) is 11.0. The number of phenolic OH excluding ortho intramolecular Hbond substituents is 1. The van der Waals surface area contributed by atoms with Gasteiger partial charge in [0.25, 0.3) is 0 Å². The average Bonchev–Trinajstić information content (AvgIpc) is 2.54. The van der Waals surface area contributed by atoms with Crippen LogP contribution in [0.3, 0.4) is 0 Å². The molecule has 3 aliphatic rings. The number of rotatable bonds is 1. The van der Waals surface area contributed by atoms with Crippen LogP contribution >= 0.6 is 0 Å². The van der Waals surface area contributed by atoms with E-state index in [1.807, 2.05) is 6.07 Å². The lowest BCUT2D eigenvalue weighted by atomic mass is 9.49. The number of benzene rings is 1. The predicted molar refractivity (Wildman–Crippen MR) is 88.5 cm³/mol. The smallest absolute Gasteiger partial charge is 0.139 e. The molecule has 1 aromatic carbocycles. The summed E-state index contributed by atoms with van der Waals surface area (Å²) in [5.41, 5.74) is 2.40. The van der Waals surface area contributed by atoms with Gasteiger partial charge in [0, 0.05) is 24.9 Å². The standard InChI is InChI=1S/C20H26O3/c1-20-11-17(23-2)19-14-9-7-13(21)10-12(14)6-8-15(19)16(20)4-3-5-18(20)22/h7,9-10,15-17,19,21H,3-6,8,11H2,1-2H3. The molecule has 3 aliphatic carbocycles. The zero-order valence-electron chi connectivity index (χ0n) is 14.0. The maximum atomic E-state index is 12.7. The second-order valence-electron chi connectivity index (χ2n) is 7.93. The van der Waals surface area contributed by atoms with Gasteiger partial charge >= 0.3 is 0 Å². The monoisotopic (exact) mass is 314 g/mol. The Morgan fingerprint density at radius 2 is 2.09 bits per heavy atom. The highest BCUT2D eigenvalue weighted by Crippen LogP contribution is 2.59. The van der Waals surface area contributed by atoms with Crippen LogP contribution in [-0.2, 0) is 16.0 Å². The average molecular weight is 314 g/mol. The van der Waals surface area contributed by atoms with Crippen molar-refractivity contribution < 1.29 is 14.6 Å². The van der Waals surface area contributed by atoms with Gasteiger partial charge in [0.15, 0.2) is 0 Å². The molecular formula is C20H26O3. The van der Waals surface area contributed by atoms with Crippen molar-refractivity contribution >= 4 is 5.78 Å². The second kappa shape index (κ2) is 5.34. The van der Waals surface area contributed by atoms with E-state index in [1.165, 1.54) is 17.5 Å². The van der Waals surface area contributed by atoms with E-state index in [1.54, 1.807) is 13.2 Å². The summed E-state index contributed by atoms with van der Waals surface area (Å²) in [5, 5.41) is 9.79. The van der Waals surface area contributed by atoms with Crippen LogP contribution in [0.5, 0.6) is 5.75 Å². The predicted octanol–water partition coefficient (Wildman–Crippen LogP) is 3.83. The van der Waals surface area contributed by atoms with Crippen molar-refractivity contribution in [1.29, 1.82) is 0 Å². The van der Waals surface area contributed by atoms with Gasteiger partial charge in [-0.15, -0.1) is 0 Å². The molecule has 0 radical (unpaired) electrons. The van der Waals surface area contributed by atoms with Crippen molar-refractivity contribution in [3.63, 3.8) is 0 Å². The molecular weight excluding hydrogens is 288 g/mol. The Balaban J connectivity index is 1.78. The van der Waals surface area contributed by atoms with Gasteiger partial charge in [-0.05, 0) is 67.2 Å². The normalized spacial score (nSPS) is 39.3. The molecule has 0 bridgehead atoms. The minimum atomic E-state index is -0.200. The Morgan fingerprint density at radius 1 is 1.26 bits per heavy atom. The first-order valence-corrected chi connectivity index (χ1v) is 8.92. The Morgan fingerprint density at radius 3 is 2.87 bits per heavy atom. The maximum absolute atomic E-state index is 12.7. The number of methoxy groups -OCH3 is 1. The van der Waals surface area contributed by atoms with Crippen LogP contribution in [0.1, 0.15) is 56.1 Å². The summed E-state index contributed by atoms with van der Waals surface area (Å²) in [6, 6.07) is 5.80. The molecule has 0 heterocycles. The van der Waals surface area contributed by atoms with Crippen molar-refractivity contribution in [3.8, 4) is 5.75 Å². The summed E-state index contributed by atoms with van der Waals surface area (Å²) < 4.78 is 5.90. The van der Waals surface area contributed by atoms with Crippen LogP contribution in [-0.4, -0.2) is 24.1 Å². The minimum Gasteiger partial charge on any atom is -0.508 e. The van der Waals surface area contributed by atoms with Gasteiger partial charge in [-0.25, -0.2) is 0 Å². The number of phenols is 1. The number of hydrogen-bond donors (Lipinski definition) is 1. The number of Topliss-reactive ketones (excluding diaryl/α,β-unsaturated/α-hetero) is 1. The van der Waals surface area contributed by atoms with Gasteiger partial charge < -0.3 is 9.84 Å². The van der Waals surface area contributed by atoms with E-state index in [2.05, 4.69) is 13.0 Å². The van der Waals surface area contributed by atoms with Crippen molar-refractivity contribution in [2.24, 2.45) is 17.3 Å². The van der Waals surface area contributed by atoms with E-state index in [9.17, 15) is 9.90 Å². The molecule has 0 aliphatic heterocycles. The molecule has 0 aromatic heterocycles. The topological polar surface area (TPSA) is 46.5 Å². The van der Waals surface area contributed by atoms with Crippen LogP contribution in [0.15, 0.2) is 18.2 Å². The Hall–Kier alpha value is -1.35. The van der Waals surface area contributed by atoms with Crippen LogP contribution in [0.2, 0.25) is 0 Å². The zero-order chi connectivity index (χ0) is 16.2. The lowest BCUT2D eigenvalue weighted by Gasteiger charge is -2.55. The van der Waals surface area contributed by atoms with Crippen molar-refractivity contribution in [1.82, 2.24) is 0 Å². The van der Waals surface area contributed by atoms with Crippen LogP contribution < -0.4 is 0 Å². The molecule has 5 unspecified atom stereocenters. The van der Waals surface area contributed by atoms with E-state index in [0.717, 1.165) is 32.1 Å². The van der Waals surface area contributed by atoms with Crippen LogP contribution in [0.25, 0.3) is 0 Å². The molecule has 2 saturated carbocycles. The summed E-state index contributed by atoms with van der Waals surface area (Å²) in [6.07, 6.45) is 6.01. The number of aromatic hydroxyl groups is 1. The quantitative estimate of drug-likeness (QED) is 0.857. The van der Waals surface area contributed by atoms with Crippen molar-refractivity contribution in [3.05, 3.63) is 29.3 Å². The molecule has 1 N–H and O–H groups in total. The zero-order valence-corrected chi connectivity index (χ0v) is 14.0. The van der Waals surface area contributed by atoms with Crippen molar-refractivity contribution in [2.75, 3.05) is 7.11 Å². The van der Waals surface area contributed by atoms with Gasteiger partial charge in [0.2, 0.25) is 0 Å². The van der Waals surface area contributed by atoms with Crippen LogP contribution in [0, 0.1) is 17.3 Å². The third-order valence-electron chi connectivity index (χ3n) is 6.91. The Bertz CT molecular complexity index is 638. The number of carbonyl (C=O) groups is 1. The highest BCUT2D eigenvalue weighted by atomic mass is 16.5. The van der Waals surface area contributed by atoms with E-state index in [4.69, 9.17) is 4.74 Å². The summed E-state index contributed by atoms with van der Waals surface area (Å²) >= 11 is 0. The fraction of sp³-hybridized carbons (Fsp3) is 0.650. The van der Waals surface area contributed by atoms with E-state index in [0.29, 0.717) is 29.3 Å². The Kier molecular flexibility index (Phi) is 3.53. The molecule has 0 saturated heterocycles. The molecule has 124 valence electrons. The molecule has 3 nitrogen and oxygen atoms in total. The van der Waals surface area contributed by atoms with E-state index < -0.39 is 0 Å². The molecule has 4 rings (SSSR count). The molecule has 3 heteroatoms. The molecule has 0 spiro atoms. The lowest BCUT2D eigenvalue weighted by Crippen LogP contribution is -2.54. The summed E-state index contributed by atoms with van der Waals surface area (Å²) in [6.45, 7) is 2.19. The highest BCUT2D eigenvalue weighted by molar-refractivity contribution is 5.86. The molecule has 0 amide bonds. The molecule has 5 atom stereocenters. The summed E-state index contributed by atoms with van der Waals surface area (Å²) in [7, 11) is 1.79. The van der Waals surface area contributed by atoms with E-state index in [-0.39, 0.29) is 11.5 Å². The third kappa shape index (κ3) is 2.16. The van der Waals surface area contributed by atoms with E-state index >= 15 is 0 Å². The van der Waals surface area contributed by atoms with Gasteiger partial charge in [-0.1, -0.05) is 13.0 Å². The number of hydrogen-bond acceptors (Lipinski definition) is 3. The second-order valence-corrected chi connectivity index (χ2v) is 7.93. The fourth-order valence-electron chi connectivity index (χ4n) is 5.81. The lowest BCUT2D eigenvalue weighted by molar-refractivity contribution is -0.149. The van der Waals surface area contributed by atoms with Gasteiger partial charge in [-0.2, -0.15) is 0 Å². The maximum Gasteiger partial charge on any atom is 0.139 e. The number of ketones is 1. The number of aryl methyl sites for hydroxylation is 1. The largest absolute Gasteiger partial charge is 0.508 e. The van der Waals surface area contributed by atoms with Crippen molar-refractivity contribution in [2.45, 2.75) is 57.5 Å². The van der Waals surface area contributed by atoms with Gasteiger partial charge in [0.05, 0.1) is 6.10 Å². The number of ether oxygens (including phenoxy) is 1. The molecule has 2 fully saturated rings. The molecule has 23 heavy (non-hydrogen) atoms. The highest BCUT2D eigenvalue weighted by Gasteiger charge is 2.56. The minimum absolute atomic E-state index is 0.104. The summed E-state index contributed by atoms with van der Waals surface area (Å²) in [4.78, 5) is 12.7. The SMILES string of the molecule is COC1CC2(C)C(=O)CCCC2C2CCc3cc(O)ccc3C12. The fourth-order valence-corrected chi connectivity index (χ4v) is 5.81. The van der Waals surface area contributed by atoms with Gasteiger partial charge in [-0.3, -0.25) is 4.79 Å². The number of carbonyl (C=O) groups excluding carboxylic acids is 1. The number of fused-ring (bicyclic) bond motifs is 5. The first-order valence-electron chi connectivity index (χ1n) is 8.92. The summed E-state index contributed by atoms with van der Waals surface area (Å²) in [5.74, 6) is 2.19. The van der Waals surface area contributed by atoms with Gasteiger partial charge in [0.1, 0.15) is 11.5 Å². The first kappa shape index (κ1) is 15.2. The third-order valence-corrected chi connectivity index (χ3v) is 6.91.